The van der Waals surface area contributed by atoms with E-state index < -0.39 is 0 Å². The van der Waals surface area contributed by atoms with E-state index >= 15 is 0 Å². The lowest BCUT2D eigenvalue weighted by Gasteiger charge is -2.02. The van der Waals surface area contributed by atoms with Gasteiger partial charge >= 0.3 is 0 Å². The van der Waals surface area contributed by atoms with Gasteiger partial charge in [0.2, 0.25) is 5.91 Å². The minimum Gasteiger partial charge on any atom is -0.282 e. The number of likely N-dealkylation sites (tertiary alicyclic amines) is 1. The molecule has 0 aromatic carbocycles. The van der Waals surface area contributed by atoms with Crippen molar-refractivity contribution in [3.05, 3.63) is 23.5 Å². The molecule has 1 saturated heterocycles. The molecule has 0 N–H and O–H groups in total. The molecule has 5 heteroatoms. The molecule has 0 aliphatic carbocycles. The fourth-order valence-electron chi connectivity index (χ4n) is 1.51. The van der Waals surface area contributed by atoms with Gasteiger partial charge < -0.3 is 0 Å². The number of likely N-dealkylation sites (N-methyl/N-ethyl adjacent to an activating group) is 1. The third kappa shape index (κ3) is 1.68. The van der Waals surface area contributed by atoms with E-state index in [1.54, 1.807) is 30.2 Å². The monoisotopic (exact) mass is 205 g/mol. The van der Waals surface area contributed by atoms with Crippen molar-refractivity contribution in [2.24, 2.45) is 7.05 Å². The van der Waals surface area contributed by atoms with Crippen LogP contribution in [0.25, 0.3) is 6.08 Å². The van der Waals surface area contributed by atoms with Crippen LogP contribution in [-0.4, -0.2) is 33.5 Å². The van der Waals surface area contributed by atoms with Crippen molar-refractivity contribution in [1.29, 1.82) is 0 Å². The van der Waals surface area contributed by atoms with E-state index in [1.165, 1.54) is 7.05 Å². The van der Waals surface area contributed by atoms with E-state index in [4.69, 9.17) is 0 Å². The van der Waals surface area contributed by atoms with E-state index in [2.05, 4.69) is 5.10 Å². The Balaban J connectivity index is 2.29. The summed E-state index contributed by atoms with van der Waals surface area (Å²) in [6.45, 7) is 0. The third-order valence-corrected chi connectivity index (χ3v) is 2.36. The summed E-state index contributed by atoms with van der Waals surface area (Å²) < 4.78 is 1.65. The minimum atomic E-state index is -0.219. The highest BCUT2D eigenvalue weighted by molar-refractivity contribution is 6.15. The third-order valence-electron chi connectivity index (χ3n) is 2.36. The van der Waals surface area contributed by atoms with Crippen molar-refractivity contribution < 1.29 is 9.59 Å². The first-order valence-corrected chi connectivity index (χ1v) is 4.58. The summed E-state index contributed by atoms with van der Waals surface area (Å²) in [6, 6.07) is 0. The predicted octanol–water partition coefficient (Wildman–Crippen LogP) is 0.192. The molecule has 0 spiro atoms. The molecule has 2 heterocycles. The second-order valence-electron chi connectivity index (χ2n) is 3.55. The Bertz CT molecular complexity index is 459. The lowest BCUT2D eigenvalue weighted by atomic mass is 10.1. The first kappa shape index (κ1) is 9.64. The molecule has 0 bridgehead atoms. The minimum absolute atomic E-state index is 0.157. The lowest BCUT2D eigenvalue weighted by Crippen LogP contribution is -2.23. The molecule has 0 unspecified atom stereocenters. The molecular formula is C10H11N3O2. The summed E-state index contributed by atoms with van der Waals surface area (Å²) in [5, 5.41) is 3.98. The van der Waals surface area contributed by atoms with Crippen LogP contribution < -0.4 is 0 Å². The maximum absolute atomic E-state index is 11.5. The molecule has 1 aromatic rings. The number of aromatic nitrogens is 2. The second kappa shape index (κ2) is 3.34. The van der Waals surface area contributed by atoms with Crippen molar-refractivity contribution >= 4 is 17.9 Å². The molecule has 78 valence electrons. The van der Waals surface area contributed by atoms with Crippen molar-refractivity contribution in [3.63, 3.8) is 0 Å². The van der Waals surface area contributed by atoms with Crippen molar-refractivity contribution in [2.45, 2.75) is 6.42 Å². The fraction of sp³-hybridized carbons (Fsp3) is 0.300. The molecule has 1 aliphatic rings. The highest BCUT2D eigenvalue weighted by Crippen LogP contribution is 2.19. The molecule has 0 atom stereocenters. The van der Waals surface area contributed by atoms with Gasteiger partial charge in [-0.25, -0.2) is 0 Å². The average molecular weight is 205 g/mol. The van der Waals surface area contributed by atoms with E-state index in [0.29, 0.717) is 5.57 Å². The quantitative estimate of drug-likeness (QED) is 0.486. The van der Waals surface area contributed by atoms with Gasteiger partial charge in [-0.15, -0.1) is 0 Å². The Kier molecular flexibility index (Phi) is 2.15. The van der Waals surface area contributed by atoms with Crippen LogP contribution in [0.5, 0.6) is 0 Å². The number of hydrogen-bond acceptors (Lipinski definition) is 3. The molecule has 1 aliphatic heterocycles. The molecule has 0 saturated carbocycles. The Morgan fingerprint density at radius 3 is 2.60 bits per heavy atom. The largest absolute Gasteiger partial charge is 0.282 e. The van der Waals surface area contributed by atoms with Gasteiger partial charge in [-0.1, -0.05) is 0 Å². The molecular weight excluding hydrogens is 194 g/mol. The average Bonchev–Trinajstić information content (AvgIpc) is 2.68. The highest BCUT2D eigenvalue weighted by Gasteiger charge is 2.30. The zero-order chi connectivity index (χ0) is 11.0. The smallest absolute Gasteiger partial charge is 0.256 e. The maximum atomic E-state index is 11.5. The number of hydrogen-bond donors (Lipinski definition) is 0. The van der Waals surface area contributed by atoms with Crippen LogP contribution >= 0.6 is 0 Å². The van der Waals surface area contributed by atoms with Gasteiger partial charge in [-0.3, -0.25) is 19.2 Å². The van der Waals surface area contributed by atoms with Crippen LogP contribution in [0.3, 0.4) is 0 Å². The summed E-state index contributed by atoms with van der Waals surface area (Å²) in [5.41, 5.74) is 1.36. The molecule has 1 fully saturated rings. The zero-order valence-electron chi connectivity index (χ0n) is 8.60. The Hall–Kier alpha value is -1.91. The molecule has 1 aromatic heterocycles. The standard InChI is InChI=1S/C10H11N3O2/c1-12-6-7(5-11-12)3-8-4-9(14)13(2)10(8)15/h3,5-6H,4H2,1-2H3/b8-3+. The summed E-state index contributed by atoms with van der Waals surface area (Å²) >= 11 is 0. The van der Waals surface area contributed by atoms with E-state index in [9.17, 15) is 9.59 Å². The number of imide groups is 1. The van der Waals surface area contributed by atoms with Crippen LogP contribution in [0, 0.1) is 0 Å². The van der Waals surface area contributed by atoms with Crippen molar-refractivity contribution in [1.82, 2.24) is 14.7 Å². The number of aryl methyl sites for hydroxylation is 1. The Morgan fingerprint density at radius 1 is 1.40 bits per heavy atom. The maximum Gasteiger partial charge on any atom is 0.256 e. The number of amides is 2. The predicted molar refractivity (Wildman–Crippen MR) is 53.6 cm³/mol. The van der Waals surface area contributed by atoms with Crippen molar-refractivity contribution in [3.8, 4) is 0 Å². The van der Waals surface area contributed by atoms with Crippen LogP contribution in [0.4, 0.5) is 0 Å². The van der Waals surface area contributed by atoms with Crippen LogP contribution in [0.2, 0.25) is 0 Å². The van der Waals surface area contributed by atoms with Crippen LogP contribution in [0.15, 0.2) is 18.0 Å². The van der Waals surface area contributed by atoms with Gasteiger partial charge in [0.25, 0.3) is 5.91 Å². The molecule has 5 nitrogen and oxygen atoms in total. The summed E-state index contributed by atoms with van der Waals surface area (Å²) in [6.07, 6.45) is 5.34. The topological polar surface area (TPSA) is 55.2 Å². The summed E-state index contributed by atoms with van der Waals surface area (Å²) in [4.78, 5) is 23.9. The van der Waals surface area contributed by atoms with Gasteiger partial charge in [-0.2, -0.15) is 5.10 Å². The SMILES string of the molecule is CN1C(=O)C/C(=C\c2cnn(C)c2)C1=O. The van der Waals surface area contributed by atoms with Gasteiger partial charge in [0.1, 0.15) is 0 Å². The first-order valence-electron chi connectivity index (χ1n) is 4.58. The van der Waals surface area contributed by atoms with Gasteiger partial charge in [-0.05, 0) is 6.08 Å². The van der Waals surface area contributed by atoms with Gasteiger partial charge in [0, 0.05) is 31.4 Å². The van der Waals surface area contributed by atoms with Crippen LogP contribution in [0.1, 0.15) is 12.0 Å². The van der Waals surface area contributed by atoms with Crippen LogP contribution in [-0.2, 0) is 16.6 Å². The Morgan fingerprint density at radius 2 is 2.13 bits per heavy atom. The zero-order valence-corrected chi connectivity index (χ0v) is 8.60. The highest BCUT2D eigenvalue weighted by atomic mass is 16.2. The molecule has 2 amide bonds. The first-order chi connectivity index (χ1) is 7.08. The van der Waals surface area contributed by atoms with E-state index in [0.717, 1.165) is 10.5 Å². The molecule has 15 heavy (non-hydrogen) atoms. The summed E-state index contributed by atoms with van der Waals surface area (Å²) in [7, 11) is 3.30. The van der Waals surface area contributed by atoms with E-state index in [1.807, 2.05) is 0 Å². The normalized spacial score (nSPS) is 19.3. The number of rotatable bonds is 1. The summed E-state index contributed by atoms with van der Waals surface area (Å²) in [5.74, 6) is -0.376. The van der Waals surface area contributed by atoms with Crippen molar-refractivity contribution in [2.75, 3.05) is 7.05 Å². The van der Waals surface area contributed by atoms with Gasteiger partial charge in [0.15, 0.2) is 0 Å². The fourth-order valence-corrected chi connectivity index (χ4v) is 1.51. The molecule has 2 rings (SSSR count). The van der Waals surface area contributed by atoms with E-state index in [-0.39, 0.29) is 18.2 Å². The number of carbonyl (C=O) groups is 2. The Labute approximate surface area is 87.0 Å². The second-order valence-corrected chi connectivity index (χ2v) is 3.55. The lowest BCUT2D eigenvalue weighted by molar-refractivity contribution is -0.135. The van der Waals surface area contributed by atoms with Gasteiger partial charge in [0.05, 0.1) is 12.6 Å². The number of carbonyl (C=O) groups excluding carboxylic acids is 2. The number of nitrogens with zero attached hydrogens (tertiary/aromatic N) is 3. The molecule has 0 radical (unpaired) electrons.